The van der Waals surface area contributed by atoms with Crippen molar-refractivity contribution in [2.24, 2.45) is 5.73 Å². The highest BCUT2D eigenvalue weighted by molar-refractivity contribution is 5.92. The van der Waals surface area contributed by atoms with Gasteiger partial charge in [0.1, 0.15) is 23.1 Å². The van der Waals surface area contributed by atoms with E-state index in [1.165, 1.54) is 6.07 Å². The van der Waals surface area contributed by atoms with Crippen LogP contribution in [0.3, 0.4) is 0 Å². The number of imidazole rings is 1. The number of para-hydroxylation sites is 2. The number of hydrogen-bond acceptors (Lipinski definition) is 4. The molecule has 0 aliphatic heterocycles. The van der Waals surface area contributed by atoms with Crippen molar-refractivity contribution in [1.29, 1.82) is 0 Å². The van der Waals surface area contributed by atoms with Gasteiger partial charge in [-0.05, 0) is 36.8 Å². The zero-order valence-electron chi connectivity index (χ0n) is 19.5. The van der Waals surface area contributed by atoms with E-state index in [0.29, 0.717) is 46.8 Å². The maximum atomic E-state index is 15.4. The summed E-state index contributed by atoms with van der Waals surface area (Å²) in [7, 11) is 3.13. The second kappa shape index (κ2) is 9.55. The van der Waals surface area contributed by atoms with Gasteiger partial charge in [-0.2, -0.15) is 0 Å². The quantitative estimate of drug-likeness (QED) is 0.368. The van der Waals surface area contributed by atoms with Crippen LogP contribution in [0.5, 0.6) is 11.5 Å². The number of primary amides is 1. The summed E-state index contributed by atoms with van der Waals surface area (Å²) < 4.78 is 28.1. The van der Waals surface area contributed by atoms with Gasteiger partial charge in [-0.1, -0.05) is 50.1 Å². The molecule has 2 N–H and O–H groups in total. The van der Waals surface area contributed by atoms with E-state index >= 15 is 4.39 Å². The first-order valence-corrected chi connectivity index (χ1v) is 11.2. The number of unbranched alkanes of at least 4 members (excludes halogenated alkanes) is 1. The Morgan fingerprint density at radius 3 is 2.47 bits per heavy atom. The smallest absolute Gasteiger partial charge is 0.248 e. The first-order valence-electron chi connectivity index (χ1n) is 11.2. The second-order valence-electron chi connectivity index (χ2n) is 8.13. The van der Waals surface area contributed by atoms with Gasteiger partial charge in [0, 0.05) is 11.6 Å². The summed E-state index contributed by atoms with van der Waals surface area (Å²) in [5.41, 5.74) is 6.84. The number of aromatic nitrogens is 2. The number of halogens is 1. The fraction of sp³-hybridized carbons (Fsp3) is 0.259. The fourth-order valence-electron chi connectivity index (χ4n) is 4.54. The van der Waals surface area contributed by atoms with Gasteiger partial charge in [0.05, 0.1) is 30.8 Å². The van der Waals surface area contributed by atoms with E-state index in [9.17, 15) is 4.79 Å². The summed E-state index contributed by atoms with van der Waals surface area (Å²) in [6.07, 6.45) is 1.77. The summed E-state index contributed by atoms with van der Waals surface area (Å²) in [6, 6.07) is 19.1. The van der Waals surface area contributed by atoms with E-state index in [-0.39, 0.29) is 5.56 Å². The highest BCUT2D eigenvalue weighted by Crippen LogP contribution is 2.42. The molecule has 0 radical (unpaired) electrons. The summed E-state index contributed by atoms with van der Waals surface area (Å²) in [4.78, 5) is 18.3. The Kier molecular flexibility index (Phi) is 6.54. The van der Waals surface area contributed by atoms with Gasteiger partial charge < -0.3 is 19.8 Å². The molecule has 0 fully saturated rings. The van der Waals surface area contributed by atoms with Crippen molar-refractivity contribution in [3.63, 3.8) is 0 Å². The number of nitrogens with zero attached hydrogens (tertiary/aromatic N) is 2. The minimum Gasteiger partial charge on any atom is -0.497 e. The molecule has 176 valence electrons. The molecule has 6 nitrogen and oxygen atoms in total. The molecule has 1 unspecified atom stereocenters. The molecule has 0 bridgehead atoms. The second-order valence-corrected chi connectivity index (χ2v) is 8.13. The number of carbonyl (C=O) groups excluding carboxylic acids is 1. The third kappa shape index (κ3) is 3.77. The van der Waals surface area contributed by atoms with Crippen LogP contribution in [0.2, 0.25) is 0 Å². The maximum absolute atomic E-state index is 15.4. The maximum Gasteiger partial charge on any atom is 0.248 e. The number of methoxy groups -OCH3 is 2. The van der Waals surface area contributed by atoms with Gasteiger partial charge in [-0.15, -0.1) is 0 Å². The number of carbonyl (C=O) groups is 1. The standard InChI is InChI=1S/C27H28FN3O3/c1-4-5-16-27(26(29)32,20-10-6-7-11-21(20)28)31-23-13-9-8-12-22(23)30-25(31)19-15-14-18(33-2)17-24(19)34-3/h6-15,17H,4-5,16H2,1-3H3,(H2,29,32). The molecule has 3 aromatic carbocycles. The van der Waals surface area contributed by atoms with Crippen molar-refractivity contribution in [2.45, 2.75) is 31.7 Å². The molecule has 0 saturated heterocycles. The summed E-state index contributed by atoms with van der Waals surface area (Å²) in [5, 5.41) is 0. The molecule has 1 atom stereocenters. The average molecular weight is 462 g/mol. The lowest BCUT2D eigenvalue weighted by atomic mass is 9.82. The van der Waals surface area contributed by atoms with Crippen LogP contribution in [0.4, 0.5) is 4.39 Å². The molecule has 1 heterocycles. The van der Waals surface area contributed by atoms with Crippen molar-refractivity contribution in [3.8, 4) is 22.9 Å². The largest absolute Gasteiger partial charge is 0.497 e. The molecule has 0 aliphatic carbocycles. The Balaban J connectivity index is 2.15. The number of ether oxygens (including phenoxy) is 2. The topological polar surface area (TPSA) is 79.4 Å². The van der Waals surface area contributed by atoms with Crippen molar-refractivity contribution >= 4 is 16.9 Å². The van der Waals surface area contributed by atoms with Gasteiger partial charge in [-0.25, -0.2) is 9.37 Å². The van der Waals surface area contributed by atoms with Crippen LogP contribution in [0, 0.1) is 5.82 Å². The van der Waals surface area contributed by atoms with E-state index in [1.807, 2.05) is 37.3 Å². The minimum atomic E-state index is -1.50. The summed E-state index contributed by atoms with van der Waals surface area (Å²) in [6.45, 7) is 2.02. The fourth-order valence-corrected chi connectivity index (χ4v) is 4.54. The van der Waals surface area contributed by atoms with Crippen molar-refractivity contribution in [3.05, 3.63) is 78.1 Å². The highest BCUT2D eigenvalue weighted by Gasteiger charge is 2.45. The third-order valence-electron chi connectivity index (χ3n) is 6.21. The van der Waals surface area contributed by atoms with E-state index in [1.54, 1.807) is 49.1 Å². The Morgan fingerprint density at radius 2 is 1.79 bits per heavy atom. The molecule has 34 heavy (non-hydrogen) atoms. The molecule has 0 aliphatic rings. The van der Waals surface area contributed by atoms with Crippen LogP contribution in [0.1, 0.15) is 31.7 Å². The monoisotopic (exact) mass is 461 g/mol. The number of fused-ring (bicyclic) bond motifs is 1. The molecule has 0 saturated carbocycles. The van der Waals surface area contributed by atoms with Gasteiger partial charge in [0.25, 0.3) is 0 Å². The molecule has 4 aromatic rings. The number of benzene rings is 3. The lowest BCUT2D eigenvalue weighted by molar-refractivity contribution is -0.125. The van der Waals surface area contributed by atoms with Gasteiger partial charge in [0.2, 0.25) is 5.91 Å². The Bertz CT molecular complexity index is 1330. The predicted octanol–water partition coefficient (Wildman–Crippen LogP) is 5.28. The summed E-state index contributed by atoms with van der Waals surface area (Å²) >= 11 is 0. The number of nitrogens with two attached hydrogens (primary N) is 1. The van der Waals surface area contributed by atoms with Crippen molar-refractivity contribution in [2.75, 3.05) is 14.2 Å². The van der Waals surface area contributed by atoms with Crippen molar-refractivity contribution < 1.29 is 18.7 Å². The van der Waals surface area contributed by atoms with Gasteiger partial charge in [-0.3, -0.25) is 4.79 Å². The number of amides is 1. The molecule has 1 aromatic heterocycles. The normalized spacial score (nSPS) is 12.9. The van der Waals surface area contributed by atoms with E-state index < -0.39 is 17.3 Å². The minimum absolute atomic E-state index is 0.216. The third-order valence-corrected chi connectivity index (χ3v) is 6.21. The zero-order valence-corrected chi connectivity index (χ0v) is 19.5. The average Bonchev–Trinajstić information content (AvgIpc) is 3.24. The lowest BCUT2D eigenvalue weighted by Crippen LogP contribution is -2.48. The Hall–Kier alpha value is -3.87. The molecule has 1 amide bonds. The van der Waals surface area contributed by atoms with Crippen LogP contribution in [0.15, 0.2) is 66.7 Å². The van der Waals surface area contributed by atoms with Gasteiger partial charge in [0.15, 0.2) is 5.54 Å². The van der Waals surface area contributed by atoms with Crippen molar-refractivity contribution in [1.82, 2.24) is 9.55 Å². The van der Waals surface area contributed by atoms with Crippen LogP contribution in [-0.4, -0.2) is 29.7 Å². The molecule has 7 heteroatoms. The predicted molar refractivity (Wildman–Crippen MR) is 130 cm³/mol. The number of hydrogen-bond donors (Lipinski definition) is 1. The van der Waals surface area contributed by atoms with E-state index in [4.69, 9.17) is 20.2 Å². The van der Waals surface area contributed by atoms with Crippen LogP contribution in [-0.2, 0) is 10.3 Å². The van der Waals surface area contributed by atoms with Crippen LogP contribution in [0.25, 0.3) is 22.4 Å². The zero-order chi connectivity index (χ0) is 24.3. The van der Waals surface area contributed by atoms with Gasteiger partial charge >= 0.3 is 0 Å². The molecular formula is C27H28FN3O3. The molecule has 4 rings (SSSR count). The number of rotatable bonds is 9. The first kappa shape index (κ1) is 23.3. The highest BCUT2D eigenvalue weighted by atomic mass is 19.1. The summed E-state index contributed by atoms with van der Waals surface area (Å²) in [5.74, 6) is 0.437. The SMILES string of the molecule is CCCCC(C(N)=O)(c1ccccc1F)n1c(-c2ccc(OC)cc2OC)nc2ccccc21. The van der Waals surface area contributed by atoms with Crippen LogP contribution >= 0.6 is 0 Å². The Labute approximate surface area is 198 Å². The molecular weight excluding hydrogens is 433 g/mol. The van der Waals surface area contributed by atoms with Crippen LogP contribution < -0.4 is 15.2 Å². The first-order chi connectivity index (χ1) is 16.5. The Morgan fingerprint density at radius 1 is 1.06 bits per heavy atom. The molecule has 0 spiro atoms. The van der Waals surface area contributed by atoms with E-state index in [0.717, 1.165) is 6.42 Å². The lowest BCUT2D eigenvalue weighted by Gasteiger charge is -2.35. The van der Waals surface area contributed by atoms with E-state index in [2.05, 4.69) is 0 Å².